The first-order chi connectivity index (χ1) is 7.27. The van der Waals surface area contributed by atoms with Crippen LogP contribution in [0, 0.1) is 0 Å². The quantitative estimate of drug-likeness (QED) is 0.745. The van der Waals surface area contributed by atoms with Gasteiger partial charge in [0.15, 0.2) is 5.72 Å². The SMILES string of the molecule is CCC1(O)c2ccccc2C2=NCCN21. The number of hydrogen-bond donors (Lipinski definition) is 1. The summed E-state index contributed by atoms with van der Waals surface area (Å²) in [5, 5.41) is 10.7. The molecule has 0 fully saturated rings. The average molecular weight is 202 g/mol. The summed E-state index contributed by atoms with van der Waals surface area (Å²) >= 11 is 0. The molecule has 1 aromatic carbocycles. The van der Waals surface area contributed by atoms with Gasteiger partial charge in [-0.05, 0) is 6.42 Å². The maximum atomic E-state index is 10.7. The Morgan fingerprint density at radius 1 is 1.47 bits per heavy atom. The summed E-state index contributed by atoms with van der Waals surface area (Å²) in [6, 6.07) is 8.02. The van der Waals surface area contributed by atoms with E-state index in [1.165, 1.54) is 0 Å². The largest absolute Gasteiger partial charge is 0.367 e. The number of nitrogens with zero attached hydrogens (tertiary/aromatic N) is 2. The summed E-state index contributed by atoms with van der Waals surface area (Å²) in [4.78, 5) is 6.49. The predicted molar refractivity (Wildman–Crippen MR) is 58.7 cm³/mol. The van der Waals surface area contributed by atoms with E-state index in [9.17, 15) is 5.11 Å². The molecule has 2 aliphatic heterocycles. The lowest BCUT2D eigenvalue weighted by molar-refractivity contribution is -0.0674. The molecule has 1 aromatic rings. The lowest BCUT2D eigenvalue weighted by Crippen LogP contribution is -2.42. The van der Waals surface area contributed by atoms with Crippen molar-refractivity contribution in [1.29, 1.82) is 0 Å². The summed E-state index contributed by atoms with van der Waals surface area (Å²) in [5.74, 6) is 0.968. The van der Waals surface area contributed by atoms with Gasteiger partial charge in [0.05, 0.1) is 6.54 Å². The van der Waals surface area contributed by atoms with E-state index in [1.807, 2.05) is 36.1 Å². The van der Waals surface area contributed by atoms with Crippen LogP contribution >= 0.6 is 0 Å². The highest BCUT2D eigenvalue weighted by atomic mass is 16.3. The van der Waals surface area contributed by atoms with Crippen LogP contribution in [0.2, 0.25) is 0 Å². The molecule has 0 saturated heterocycles. The molecule has 3 heteroatoms. The van der Waals surface area contributed by atoms with Crippen LogP contribution in [0.25, 0.3) is 0 Å². The molecule has 78 valence electrons. The Balaban J connectivity index is 2.25. The van der Waals surface area contributed by atoms with E-state index in [4.69, 9.17) is 0 Å². The maximum Gasteiger partial charge on any atom is 0.165 e. The Bertz CT molecular complexity index is 441. The van der Waals surface area contributed by atoms with Gasteiger partial charge in [-0.3, -0.25) is 4.99 Å². The van der Waals surface area contributed by atoms with Gasteiger partial charge in [-0.15, -0.1) is 0 Å². The third-order valence-electron chi connectivity index (χ3n) is 3.38. The summed E-state index contributed by atoms with van der Waals surface area (Å²) in [7, 11) is 0. The van der Waals surface area contributed by atoms with Crippen molar-refractivity contribution in [2.75, 3.05) is 13.1 Å². The molecule has 1 atom stereocenters. The van der Waals surface area contributed by atoms with E-state index in [2.05, 4.69) is 4.99 Å². The monoisotopic (exact) mass is 202 g/mol. The molecule has 0 amide bonds. The van der Waals surface area contributed by atoms with E-state index < -0.39 is 5.72 Å². The van der Waals surface area contributed by atoms with Crippen molar-refractivity contribution in [3.63, 3.8) is 0 Å². The van der Waals surface area contributed by atoms with Crippen LogP contribution in [-0.2, 0) is 5.72 Å². The summed E-state index contributed by atoms with van der Waals surface area (Å²) in [6.45, 7) is 3.64. The minimum absolute atomic E-state index is 0.697. The van der Waals surface area contributed by atoms with E-state index in [0.29, 0.717) is 6.42 Å². The maximum absolute atomic E-state index is 10.7. The molecule has 3 nitrogen and oxygen atoms in total. The minimum Gasteiger partial charge on any atom is -0.367 e. The van der Waals surface area contributed by atoms with Crippen LogP contribution in [0.1, 0.15) is 24.5 Å². The Morgan fingerprint density at radius 3 is 3.07 bits per heavy atom. The molecule has 1 N–H and O–H groups in total. The first-order valence-corrected chi connectivity index (χ1v) is 5.41. The minimum atomic E-state index is -0.827. The zero-order chi connectivity index (χ0) is 10.5. The van der Waals surface area contributed by atoms with Crippen LogP contribution < -0.4 is 0 Å². The lowest BCUT2D eigenvalue weighted by atomic mass is 9.99. The van der Waals surface area contributed by atoms with E-state index in [-0.39, 0.29) is 0 Å². The standard InChI is InChI=1S/C12H14N2O/c1-2-12(15)10-6-4-3-5-9(10)11-13-7-8-14(11)12/h3-6,15H,2,7-8H2,1H3. The highest BCUT2D eigenvalue weighted by molar-refractivity contribution is 6.04. The van der Waals surface area contributed by atoms with Gasteiger partial charge in [0.2, 0.25) is 0 Å². The van der Waals surface area contributed by atoms with Gasteiger partial charge in [0, 0.05) is 17.7 Å². The average Bonchev–Trinajstić information content (AvgIpc) is 2.83. The highest BCUT2D eigenvalue weighted by Crippen LogP contribution is 2.40. The van der Waals surface area contributed by atoms with Crippen LogP contribution in [0.3, 0.4) is 0 Å². The molecule has 0 spiro atoms. The summed E-state index contributed by atoms with van der Waals surface area (Å²) in [6.07, 6.45) is 0.697. The van der Waals surface area contributed by atoms with Crippen molar-refractivity contribution in [2.45, 2.75) is 19.1 Å². The Kier molecular flexibility index (Phi) is 1.68. The van der Waals surface area contributed by atoms with Gasteiger partial charge < -0.3 is 10.0 Å². The molecule has 3 rings (SSSR count). The van der Waals surface area contributed by atoms with Crippen LogP contribution in [0.15, 0.2) is 29.3 Å². The van der Waals surface area contributed by atoms with Crippen molar-refractivity contribution in [3.8, 4) is 0 Å². The summed E-state index contributed by atoms with van der Waals surface area (Å²) < 4.78 is 0. The van der Waals surface area contributed by atoms with Crippen molar-refractivity contribution in [1.82, 2.24) is 4.90 Å². The van der Waals surface area contributed by atoms with Crippen molar-refractivity contribution < 1.29 is 5.11 Å². The second-order valence-corrected chi connectivity index (χ2v) is 4.07. The third kappa shape index (κ3) is 0.960. The number of hydrogen-bond acceptors (Lipinski definition) is 3. The molecule has 0 saturated carbocycles. The molecule has 2 aliphatic rings. The molecule has 1 unspecified atom stereocenters. The van der Waals surface area contributed by atoms with Crippen LogP contribution in [0.5, 0.6) is 0 Å². The fourth-order valence-electron chi connectivity index (χ4n) is 2.59. The summed E-state index contributed by atoms with van der Waals surface area (Å²) in [5.41, 5.74) is 1.27. The van der Waals surface area contributed by atoms with E-state index >= 15 is 0 Å². The zero-order valence-electron chi connectivity index (χ0n) is 8.77. The van der Waals surface area contributed by atoms with Gasteiger partial charge >= 0.3 is 0 Å². The van der Waals surface area contributed by atoms with Crippen LogP contribution in [0.4, 0.5) is 0 Å². The smallest absolute Gasteiger partial charge is 0.165 e. The molecule has 2 heterocycles. The van der Waals surface area contributed by atoms with Gasteiger partial charge in [0.1, 0.15) is 5.84 Å². The molecular formula is C12H14N2O. The van der Waals surface area contributed by atoms with Crippen molar-refractivity contribution in [2.24, 2.45) is 4.99 Å². The second-order valence-electron chi connectivity index (χ2n) is 4.07. The number of rotatable bonds is 1. The van der Waals surface area contributed by atoms with Gasteiger partial charge in [-0.25, -0.2) is 0 Å². The fourth-order valence-corrected chi connectivity index (χ4v) is 2.59. The van der Waals surface area contributed by atoms with Gasteiger partial charge in [-0.2, -0.15) is 0 Å². The lowest BCUT2D eigenvalue weighted by Gasteiger charge is -2.32. The van der Waals surface area contributed by atoms with E-state index in [0.717, 1.165) is 30.1 Å². The molecule has 0 aromatic heterocycles. The molecule has 0 radical (unpaired) electrons. The topological polar surface area (TPSA) is 35.8 Å². The van der Waals surface area contributed by atoms with Crippen molar-refractivity contribution in [3.05, 3.63) is 35.4 Å². The first-order valence-electron chi connectivity index (χ1n) is 5.41. The number of aliphatic imine (C=N–C) groups is 1. The van der Waals surface area contributed by atoms with Crippen molar-refractivity contribution >= 4 is 5.84 Å². The van der Waals surface area contributed by atoms with E-state index in [1.54, 1.807) is 0 Å². The number of aliphatic hydroxyl groups is 1. The van der Waals surface area contributed by atoms with Gasteiger partial charge in [0.25, 0.3) is 0 Å². The Hall–Kier alpha value is -1.35. The molecule has 0 bridgehead atoms. The first kappa shape index (κ1) is 8.92. The normalized spacial score (nSPS) is 27.6. The third-order valence-corrected chi connectivity index (χ3v) is 3.38. The predicted octanol–water partition coefficient (Wildman–Crippen LogP) is 1.32. The Morgan fingerprint density at radius 2 is 2.27 bits per heavy atom. The fraction of sp³-hybridized carbons (Fsp3) is 0.417. The molecular weight excluding hydrogens is 188 g/mol. The zero-order valence-corrected chi connectivity index (χ0v) is 8.77. The molecule has 0 aliphatic carbocycles. The van der Waals surface area contributed by atoms with Crippen LogP contribution in [-0.4, -0.2) is 28.9 Å². The number of fused-ring (bicyclic) bond motifs is 3. The number of benzene rings is 1. The highest BCUT2D eigenvalue weighted by Gasteiger charge is 2.46. The Labute approximate surface area is 89.1 Å². The molecule has 15 heavy (non-hydrogen) atoms. The van der Waals surface area contributed by atoms with Gasteiger partial charge in [-0.1, -0.05) is 31.2 Å². The number of amidine groups is 1. The second kappa shape index (κ2) is 2.83.